The Morgan fingerprint density at radius 2 is 1.19 bits per heavy atom. The van der Waals surface area contributed by atoms with Gasteiger partial charge in [-0.3, -0.25) is 29.0 Å². The van der Waals surface area contributed by atoms with Crippen molar-refractivity contribution in [2.24, 2.45) is 0 Å². The first-order chi connectivity index (χ1) is 28.3. The first-order valence-electron chi connectivity index (χ1n) is 18.3. The van der Waals surface area contributed by atoms with E-state index in [1.165, 1.54) is 28.6 Å². The highest BCUT2D eigenvalue weighted by Crippen LogP contribution is 2.30. The van der Waals surface area contributed by atoms with E-state index >= 15 is 0 Å². The van der Waals surface area contributed by atoms with Crippen LogP contribution in [0.3, 0.4) is 0 Å². The van der Waals surface area contributed by atoms with E-state index in [0.29, 0.717) is 24.5 Å². The average molecular weight is 805 g/mol. The molecule has 10 aromatic rings. The molecule has 18 heteroatoms. The average Bonchev–Trinajstić information content (AvgIpc) is 4.06. The molecule has 10 rings (SSSR count). The highest BCUT2D eigenvalue weighted by Gasteiger charge is 2.16. The third kappa shape index (κ3) is 7.78. The fourth-order valence-corrected chi connectivity index (χ4v) is 7.82. The summed E-state index contributed by atoms with van der Waals surface area (Å²) in [6.07, 6.45) is 18.1. The maximum atomic E-state index is 4.65. The van der Waals surface area contributed by atoms with Crippen LogP contribution in [0.2, 0.25) is 0 Å². The number of hydrogen-bond donors (Lipinski definition) is 4. The number of aromatic amines is 2. The van der Waals surface area contributed by atoms with Crippen LogP contribution < -0.4 is 10.6 Å². The molecule has 0 radical (unpaired) electrons. The van der Waals surface area contributed by atoms with Gasteiger partial charge in [0.1, 0.15) is 10.0 Å². The molecule has 0 fully saturated rings. The van der Waals surface area contributed by atoms with E-state index < -0.39 is 0 Å². The molecule has 58 heavy (non-hydrogen) atoms. The van der Waals surface area contributed by atoms with Crippen LogP contribution in [0, 0.1) is 27.7 Å². The van der Waals surface area contributed by atoms with Crippen molar-refractivity contribution in [1.29, 1.82) is 0 Å². The standard InChI is InChI=1S/2C20H18N8S/c1-12-4-3-5-21-16(12)6-15-7-18(29-27-15)26-19-20-22-10-17(14-8-23-24-9-14)28(20)11-13(2)25-19;1-12-4-3-5-15(24-12)6-16-7-18(29-27-16)26-19-20-21-10-17(14-8-22-23-9-14)28(20)11-13(2)25-19/h3-5,7-11H,6H2,1-2H3,(H,23,24)(H,25,26);3-5,7-11H,6H2,1-2H3,(H,22,23)(H,25,26). The summed E-state index contributed by atoms with van der Waals surface area (Å²) in [5.74, 6) is 1.40. The van der Waals surface area contributed by atoms with E-state index in [1.54, 1.807) is 12.4 Å². The van der Waals surface area contributed by atoms with Gasteiger partial charge in [0.2, 0.25) is 0 Å². The number of hydrogen-bond acceptors (Lipinski definition) is 14. The molecule has 288 valence electrons. The Hall–Kier alpha value is -7.18. The zero-order valence-electron chi connectivity index (χ0n) is 31.8. The topological polar surface area (TPSA) is 193 Å². The molecule has 0 amide bonds. The normalized spacial score (nSPS) is 11.2. The summed E-state index contributed by atoms with van der Waals surface area (Å²) in [5, 5.41) is 22.4. The van der Waals surface area contributed by atoms with Crippen LogP contribution in [0.15, 0.2) is 98.2 Å². The smallest absolute Gasteiger partial charge is 0.180 e. The third-order valence-electron chi connectivity index (χ3n) is 9.19. The number of H-pyrrole nitrogens is 2. The van der Waals surface area contributed by atoms with Crippen LogP contribution in [-0.4, -0.2) is 67.8 Å². The molecular formula is C40H36N16S2. The first kappa shape index (κ1) is 36.5. The quantitative estimate of drug-likeness (QED) is 0.105. The van der Waals surface area contributed by atoms with Gasteiger partial charge in [0.05, 0.1) is 59.0 Å². The fraction of sp³-hybridized carbons (Fsp3) is 0.150. The highest BCUT2D eigenvalue weighted by molar-refractivity contribution is 7.10. The Labute approximate surface area is 339 Å². The number of anilines is 4. The lowest BCUT2D eigenvalue weighted by Gasteiger charge is -2.07. The van der Waals surface area contributed by atoms with Gasteiger partial charge >= 0.3 is 0 Å². The Bertz CT molecular complexity index is 2970. The lowest BCUT2D eigenvalue weighted by molar-refractivity contribution is 1.02. The molecule has 10 aromatic heterocycles. The molecule has 0 spiro atoms. The van der Waals surface area contributed by atoms with E-state index in [-0.39, 0.29) is 0 Å². The Balaban J connectivity index is 0.000000150. The Morgan fingerprint density at radius 1 is 0.603 bits per heavy atom. The van der Waals surface area contributed by atoms with E-state index in [9.17, 15) is 0 Å². The van der Waals surface area contributed by atoms with Crippen molar-refractivity contribution >= 4 is 56.0 Å². The van der Waals surface area contributed by atoms with E-state index in [1.807, 2.05) is 109 Å². The van der Waals surface area contributed by atoms with Gasteiger partial charge in [0.15, 0.2) is 22.9 Å². The van der Waals surface area contributed by atoms with Gasteiger partial charge in [-0.15, -0.1) is 0 Å². The Kier molecular flexibility index (Phi) is 9.90. The van der Waals surface area contributed by atoms with Gasteiger partial charge in [-0.1, -0.05) is 12.1 Å². The predicted octanol–water partition coefficient (Wildman–Crippen LogP) is 7.84. The van der Waals surface area contributed by atoms with Crippen LogP contribution in [0.4, 0.5) is 21.6 Å². The summed E-state index contributed by atoms with van der Waals surface area (Å²) < 4.78 is 13.2. The minimum atomic E-state index is 0.698. The lowest BCUT2D eigenvalue weighted by Crippen LogP contribution is -2.00. The monoisotopic (exact) mass is 804 g/mol. The minimum absolute atomic E-state index is 0.698. The SMILES string of the molecule is Cc1cccc(Cc2cc(Nc3nc(C)cn4c(-c5cn[nH]c5)cnc34)sn2)n1.Cc1cn2c(-c3cn[nH]c3)cnc2c(Nc2cc(Cc3ncccc3C)ns2)n1. The van der Waals surface area contributed by atoms with Gasteiger partial charge in [0.25, 0.3) is 0 Å². The molecule has 0 atom stereocenters. The number of nitrogens with one attached hydrogen (secondary N) is 4. The van der Waals surface area contributed by atoms with Crippen molar-refractivity contribution < 1.29 is 0 Å². The predicted molar refractivity (Wildman–Crippen MR) is 225 cm³/mol. The van der Waals surface area contributed by atoms with Crippen LogP contribution in [-0.2, 0) is 12.8 Å². The molecule has 0 saturated heterocycles. The molecule has 4 N–H and O–H groups in total. The number of aromatic nitrogens is 14. The second-order valence-electron chi connectivity index (χ2n) is 13.6. The van der Waals surface area contributed by atoms with Gasteiger partial charge in [-0.2, -0.15) is 18.9 Å². The molecule has 0 unspecified atom stereocenters. The van der Waals surface area contributed by atoms with Crippen molar-refractivity contribution in [2.45, 2.75) is 40.5 Å². The zero-order chi connectivity index (χ0) is 39.6. The van der Waals surface area contributed by atoms with Gasteiger partial charge in [-0.05, 0) is 86.7 Å². The van der Waals surface area contributed by atoms with Crippen LogP contribution in [0.25, 0.3) is 33.8 Å². The molecule has 0 saturated carbocycles. The molecule has 10 heterocycles. The maximum Gasteiger partial charge on any atom is 0.180 e. The summed E-state index contributed by atoms with van der Waals surface area (Å²) >= 11 is 2.81. The summed E-state index contributed by atoms with van der Waals surface area (Å²) in [7, 11) is 0. The van der Waals surface area contributed by atoms with Crippen LogP contribution >= 0.6 is 23.1 Å². The number of rotatable bonds is 10. The van der Waals surface area contributed by atoms with Gasteiger partial charge < -0.3 is 10.6 Å². The molecule has 16 nitrogen and oxygen atoms in total. The lowest BCUT2D eigenvalue weighted by atomic mass is 10.1. The number of nitrogens with zero attached hydrogens (tertiary/aromatic N) is 12. The largest absolute Gasteiger partial charge is 0.328 e. The van der Waals surface area contributed by atoms with Crippen molar-refractivity contribution in [3.63, 3.8) is 0 Å². The second kappa shape index (κ2) is 15.8. The zero-order valence-corrected chi connectivity index (χ0v) is 33.5. The maximum absolute atomic E-state index is 4.65. The molecule has 0 aliphatic rings. The Morgan fingerprint density at radius 3 is 1.72 bits per heavy atom. The molecule has 0 aliphatic carbocycles. The highest BCUT2D eigenvalue weighted by atomic mass is 32.1. The summed E-state index contributed by atoms with van der Waals surface area (Å²) in [5.41, 5.74) is 13.3. The number of pyridine rings is 2. The molecular weight excluding hydrogens is 769 g/mol. The number of imidazole rings is 2. The van der Waals surface area contributed by atoms with Crippen molar-refractivity contribution in [2.75, 3.05) is 10.6 Å². The molecule has 0 aromatic carbocycles. The van der Waals surface area contributed by atoms with Crippen molar-refractivity contribution in [3.8, 4) is 22.5 Å². The third-order valence-corrected chi connectivity index (χ3v) is 10.7. The fourth-order valence-electron chi connectivity index (χ4n) is 6.49. The molecule has 0 bridgehead atoms. The minimum Gasteiger partial charge on any atom is -0.328 e. The summed E-state index contributed by atoms with van der Waals surface area (Å²) in [6.45, 7) is 7.99. The molecule has 0 aliphatic heterocycles. The van der Waals surface area contributed by atoms with Gasteiger partial charge in [-0.25, -0.2) is 19.9 Å². The van der Waals surface area contributed by atoms with Crippen LogP contribution in [0.5, 0.6) is 0 Å². The first-order valence-corrected chi connectivity index (χ1v) is 19.8. The number of fused-ring (bicyclic) bond motifs is 2. The van der Waals surface area contributed by atoms with Gasteiger partial charge in [0, 0.05) is 72.0 Å². The summed E-state index contributed by atoms with van der Waals surface area (Å²) in [4.78, 5) is 27.4. The van der Waals surface area contributed by atoms with E-state index in [0.717, 1.165) is 83.7 Å². The summed E-state index contributed by atoms with van der Waals surface area (Å²) in [6, 6.07) is 14.1. The van der Waals surface area contributed by atoms with E-state index in [2.05, 4.69) is 82.7 Å². The number of aryl methyl sites for hydroxylation is 4. The van der Waals surface area contributed by atoms with Crippen molar-refractivity contribution in [3.05, 3.63) is 144 Å². The van der Waals surface area contributed by atoms with Crippen LogP contribution in [0.1, 0.15) is 45.4 Å². The van der Waals surface area contributed by atoms with E-state index in [4.69, 9.17) is 0 Å². The van der Waals surface area contributed by atoms with Crippen molar-refractivity contribution in [1.82, 2.24) is 67.8 Å². The second-order valence-corrected chi connectivity index (χ2v) is 15.2.